The SMILES string of the molecule is CC(C)(C#N)CCCCOc1ccc([N+](=O)[O-])cc1. The second kappa shape index (κ2) is 6.74. The normalized spacial score (nSPS) is 10.8. The highest BCUT2D eigenvalue weighted by molar-refractivity contribution is 5.35. The van der Waals surface area contributed by atoms with E-state index in [0.29, 0.717) is 12.4 Å². The van der Waals surface area contributed by atoms with Crippen molar-refractivity contribution in [1.29, 1.82) is 5.26 Å². The molecule has 1 aromatic rings. The Hall–Kier alpha value is -2.09. The molecule has 0 aromatic heterocycles. The molecule has 0 aliphatic carbocycles. The summed E-state index contributed by atoms with van der Waals surface area (Å²) in [6.45, 7) is 4.40. The number of hydrogen-bond donors (Lipinski definition) is 0. The summed E-state index contributed by atoms with van der Waals surface area (Å²) >= 11 is 0. The van der Waals surface area contributed by atoms with E-state index in [1.807, 2.05) is 13.8 Å². The van der Waals surface area contributed by atoms with Crippen molar-refractivity contribution in [3.05, 3.63) is 34.4 Å². The van der Waals surface area contributed by atoms with E-state index in [-0.39, 0.29) is 11.1 Å². The summed E-state index contributed by atoms with van der Waals surface area (Å²) in [6.07, 6.45) is 2.63. The van der Waals surface area contributed by atoms with Crippen LogP contribution in [-0.4, -0.2) is 11.5 Å². The summed E-state index contributed by atoms with van der Waals surface area (Å²) < 4.78 is 5.48. The molecule has 0 saturated carbocycles. The van der Waals surface area contributed by atoms with Crippen LogP contribution in [0.2, 0.25) is 0 Å². The molecule has 0 heterocycles. The van der Waals surface area contributed by atoms with Crippen molar-refractivity contribution in [3.63, 3.8) is 0 Å². The minimum Gasteiger partial charge on any atom is -0.494 e. The van der Waals surface area contributed by atoms with Gasteiger partial charge in [-0.15, -0.1) is 0 Å². The lowest BCUT2D eigenvalue weighted by molar-refractivity contribution is -0.384. The topological polar surface area (TPSA) is 76.2 Å². The Morgan fingerprint density at radius 3 is 2.47 bits per heavy atom. The van der Waals surface area contributed by atoms with Gasteiger partial charge in [-0.05, 0) is 45.2 Å². The fourth-order valence-electron chi connectivity index (χ4n) is 1.58. The Bertz CT molecular complexity index is 461. The summed E-state index contributed by atoms with van der Waals surface area (Å²) in [6, 6.07) is 8.30. The van der Waals surface area contributed by atoms with Gasteiger partial charge in [-0.25, -0.2) is 0 Å². The third-order valence-corrected chi connectivity index (χ3v) is 2.82. The van der Waals surface area contributed by atoms with Gasteiger partial charge in [0.2, 0.25) is 0 Å². The molecule has 0 aliphatic heterocycles. The average molecular weight is 262 g/mol. The minimum atomic E-state index is -0.437. The molecule has 5 heteroatoms. The lowest BCUT2D eigenvalue weighted by atomic mass is 9.89. The fraction of sp³-hybridized carbons (Fsp3) is 0.500. The van der Waals surface area contributed by atoms with Gasteiger partial charge in [0.05, 0.1) is 23.0 Å². The maximum absolute atomic E-state index is 10.5. The van der Waals surface area contributed by atoms with Gasteiger partial charge in [0.25, 0.3) is 5.69 Å². The second-order valence-electron chi connectivity index (χ2n) is 5.05. The van der Waals surface area contributed by atoms with Crippen molar-refractivity contribution >= 4 is 5.69 Å². The number of rotatable bonds is 7. The van der Waals surface area contributed by atoms with Crippen molar-refractivity contribution < 1.29 is 9.66 Å². The first-order valence-electron chi connectivity index (χ1n) is 6.23. The van der Waals surface area contributed by atoms with E-state index in [4.69, 9.17) is 10.00 Å². The molecule has 19 heavy (non-hydrogen) atoms. The van der Waals surface area contributed by atoms with Gasteiger partial charge < -0.3 is 4.74 Å². The first-order valence-corrected chi connectivity index (χ1v) is 6.23. The largest absolute Gasteiger partial charge is 0.494 e. The third kappa shape index (κ3) is 5.38. The molecule has 102 valence electrons. The predicted molar refractivity (Wildman–Crippen MR) is 71.8 cm³/mol. The van der Waals surface area contributed by atoms with Crippen LogP contribution in [0.1, 0.15) is 33.1 Å². The summed E-state index contributed by atoms with van der Waals surface area (Å²) in [5, 5.41) is 19.3. The molecule has 0 atom stereocenters. The Kier molecular flexibility index (Phi) is 5.31. The van der Waals surface area contributed by atoms with Gasteiger partial charge in [-0.3, -0.25) is 10.1 Å². The Labute approximate surface area is 113 Å². The molecule has 0 aliphatic rings. The maximum Gasteiger partial charge on any atom is 0.269 e. The highest BCUT2D eigenvalue weighted by atomic mass is 16.6. The van der Waals surface area contributed by atoms with Crippen LogP contribution >= 0.6 is 0 Å². The number of nitrogens with zero attached hydrogens (tertiary/aromatic N) is 2. The number of benzene rings is 1. The third-order valence-electron chi connectivity index (χ3n) is 2.82. The number of ether oxygens (including phenoxy) is 1. The van der Waals surface area contributed by atoms with E-state index in [1.165, 1.54) is 12.1 Å². The van der Waals surface area contributed by atoms with Crippen LogP contribution in [0.4, 0.5) is 5.69 Å². The van der Waals surface area contributed by atoms with E-state index in [0.717, 1.165) is 19.3 Å². The molecule has 0 bridgehead atoms. The van der Waals surface area contributed by atoms with Crippen LogP contribution in [0.3, 0.4) is 0 Å². The lowest BCUT2D eigenvalue weighted by Gasteiger charge is -2.14. The second-order valence-corrected chi connectivity index (χ2v) is 5.05. The number of nitro benzene ring substituents is 1. The van der Waals surface area contributed by atoms with Gasteiger partial charge >= 0.3 is 0 Å². The van der Waals surface area contributed by atoms with Crippen molar-refractivity contribution in [1.82, 2.24) is 0 Å². The van der Waals surface area contributed by atoms with Crippen molar-refractivity contribution in [2.24, 2.45) is 5.41 Å². The van der Waals surface area contributed by atoms with E-state index in [2.05, 4.69) is 6.07 Å². The number of nitro groups is 1. The highest BCUT2D eigenvalue weighted by Crippen LogP contribution is 2.22. The highest BCUT2D eigenvalue weighted by Gasteiger charge is 2.15. The molecule has 0 radical (unpaired) electrons. The van der Waals surface area contributed by atoms with Gasteiger partial charge in [0.1, 0.15) is 5.75 Å². The van der Waals surface area contributed by atoms with Crippen LogP contribution in [0.25, 0.3) is 0 Å². The minimum absolute atomic E-state index is 0.0584. The first-order chi connectivity index (χ1) is 8.94. The Morgan fingerprint density at radius 2 is 1.95 bits per heavy atom. The Balaban J connectivity index is 2.27. The van der Waals surface area contributed by atoms with Crippen molar-refractivity contribution in [3.8, 4) is 11.8 Å². The van der Waals surface area contributed by atoms with E-state index >= 15 is 0 Å². The van der Waals surface area contributed by atoms with E-state index in [1.54, 1.807) is 12.1 Å². The van der Waals surface area contributed by atoms with E-state index < -0.39 is 4.92 Å². The smallest absolute Gasteiger partial charge is 0.269 e. The number of unbranched alkanes of at least 4 members (excludes halogenated alkanes) is 1. The summed E-state index contributed by atoms with van der Waals surface area (Å²) in [5.74, 6) is 0.630. The summed E-state index contributed by atoms with van der Waals surface area (Å²) in [4.78, 5) is 10.0. The first kappa shape index (κ1) is 15.0. The zero-order valence-corrected chi connectivity index (χ0v) is 11.3. The zero-order chi connectivity index (χ0) is 14.3. The molecular weight excluding hydrogens is 244 g/mol. The zero-order valence-electron chi connectivity index (χ0n) is 11.3. The van der Waals surface area contributed by atoms with Gasteiger partial charge in [0.15, 0.2) is 0 Å². The number of hydrogen-bond acceptors (Lipinski definition) is 4. The fourth-order valence-corrected chi connectivity index (χ4v) is 1.58. The molecule has 1 aromatic carbocycles. The predicted octanol–water partition coefficient (Wildman–Crippen LogP) is 3.69. The average Bonchev–Trinajstić information content (AvgIpc) is 2.39. The van der Waals surface area contributed by atoms with Gasteiger partial charge in [-0.1, -0.05) is 0 Å². The van der Waals surface area contributed by atoms with Crippen LogP contribution in [0, 0.1) is 26.9 Å². The van der Waals surface area contributed by atoms with Gasteiger partial charge in [0, 0.05) is 12.1 Å². The maximum atomic E-state index is 10.5. The molecule has 0 saturated heterocycles. The van der Waals surface area contributed by atoms with Crippen LogP contribution in [0.5, 0.6) is 5.75 Å². The van der Waals surface area contributed by atoms with Crippen LogP contribution in [-0.2, 0) is 0 Å². The standard InChI is InChI=1S/C14H18N2O3/c1-14(2,11-15)9-3-4-10-19-13-7-5-12(6-8-13)16(17)18/h5-8H,3-4,9-10H2,1-2H3. The van der Waals surface area contributed by atoms with Crippen molar-refractivity contribution in [2.75, 3.05) is 6.61 Å². The quantitative estimate of drug-likeness (QED) is 0.426. The lowest BCUT2D eigenvalue weighted by Crippen LogP contribution is -2.08. The number of nitriles is 1. The molecule has 0 amide bonds. The molecular formula is C14H18N2O3. The molecule has 0 spiro atoms. The van der Waals surface area contributed by atoms with E-state index in [9.17, 15) is 10.1 Å². The van der Waals surface area contributed by atoms with Crippen molar-refractivity contribution in [2.45, 2.75) is 33.1 Å². The molecule has 0 unspecified atom stereocenters. The molecule has 0 N–H and O–H groups in total. The molecule has 0 fully saturated rings. The molecule has 1 rings (SSSR count). The monoisotopic (exact) mass is 262 g/mol. The molecule has 5 nitrogen and oxygen atoms in total. The summed E-state index contributed by atoms with van der Waals surface area (Å²) in [7, 11) is 0. The number of non-ortho nitro benzene ring substituents is 1. The van der Waals surface area contributed by atoms with Crippen LogP contribution in [0.15, 0.2) is 24.3 Å². The van der Waals surface area contributed by atoms with Crippen LogP contribution < -0.4 is 4.74 Å². The summed E-state index contributed by atoms with van der Waals surface area (Å²) in [5.41, 5.74) is -0.226. The van der Waals surface area contributed by atoms with Gasteiger partial charge in [-0.2, -0.15) is 5.26 Å². The Morgan fingerprint density at radius 1 is 1.32 bits per heavy atom.